The van der Waals surface area contributed by atoms with E-state index in [9.17, 15) is 4.79 Å². The molecular weight excluding hydrogens is 186 g/mol. The fraction of sp³-hybridized carbons (Fsp3) is 0.154. The van der Waals surface area contributed by atoms with E-state index in [4.69, 9.17) is 0 Å². The molecule has 0 aliphatic rings. The first kappa shape index (κ1) is 9.71. The third-order valence-corrected chi connectivity index (χ3v) is 2.34. The largest absolute Gasteiger partial charge is 0.350 e. The van der Waals surface area contributed by atoms with Crippen molar-refractivity contribution in [3.63, 3.8) is 0 Å². The minimum atomic E-state index is 0.502. The second-order valence-electron chi connectivity index (χ2n) is 3.55. The van der Waals surface area contributed by atoms with E-state index in [-0.39, 0.29) is 0 Å². The predicted molar refractivity (Wildman–Crippen MR) is 59.7 cm³/mol. The topological polar surface area (TPSA) is 22.0 Å². The van der Waals surface area contributed by atoms with Gasteiger partial charge in [-0.25, -0.2) is 0 Å². The summed E-state index contributed by atoms with van der Waals surface area (Å²) in [7, 11) is 0. The van der Waals surface area contributed by atoms with E-state index in [0.717, 1.165) is 18.4 Å². The lowest BCUT2D eigenvalue weighted by Gasteiger charge is -2.01. The molecule has 2 nitrogen and oxygen atoms in total. The van der Waals surface area contributed by atoms with Crippen molar-refractivity contribution in [1.29, 1.82) is 0 Å². The Morgan fingerprint density at radius 2 is 1.87 bits per heavy atom. The molecule has 0 bridgehead atoms. The lowest BCUT2D eigenvalue weighted by molar-refractivity contribution is -0.107. The Morgan fingerprint density at radius 1 is 1.07 bits per heavy atom. The van der Waals surface area contributed by atoms with Gasteiger partial charge in [-0.1, -0.05) is 30.3 Å². The fourth-order valence-electron chi connectivity index (χ4n) is 1.60. The number of nitrogens with zero attached hydrogens (tertiary/aromatic N) is 1. The molecule has 0 amide bonds. The number of carbonyl (C=O) groups excluding carboxylic acids is 1. The van der Waals surface area contributed by atoms with Crippen molar-refractivity contribution in [2.24, 2.45) is 0 Å². The summed E-state index contributed by atoms with van der Waals surface area (Å²) in [6.07, 6.45) is 5.46. The molecule has 0 spiro atoms. The van der Waals surface area contributed by atoms with E-state index in [1.807, 2.05) is 36.7 Å². The first-order chi connectivity index (χ1) is 7.38. The molecule has 0 atom stereocenters. The number of rotatable bonds is 4. The molecule has 0 N–H and O–H groups in total. The van der Waals surface area contributed by atoms with Gasteiger partial charge >= 0.3 is 0 Å². The zero-order chi connectivity index (χ0) is 10.5. The van der Waals surface area contributed by atoms with Crippen LogP contribution in [0, 0.1) is 0 Å². The average Bonchev–Trinajstić information content (AvgIpc) is 2.68. The van der Waals surface area contributed by atoms with Gasteiger partial charge < -0.3 is 9.36 Å². The van der Waals surface area contributed by atoms with Crippen LogP contribution in [-0.4, -0.2) is 10.9 Å². The van der Waals surface area contributed by atoms with Crippen LogP contribution in [0.4, 0.5) is 0 Å². The van der Waals surface area contributed by atoms with Gasteiger partial charge in [0.05, 0.1) is 0 Å². The summed E-state index contributed by atoms with van der Waals surface area (Å²) < 4.78 is 2.09. The van der Waals surface area contributed by atoms with Crippen LogP contribution < -0.4 is 0 Å². The first-order valence-electron chi connectivity index (χ1n) is 5.01. The number of aldehydes is 1. The number of hydrogen-bond acceptors (Lipinski definition) is 1. The second kappa shape index (κ2) is 4.60. The van der Waals surface area contributed by atoms with Crippen molar-refractivity contribution in [3.8, 4) is 0 Å². The monoisotopic (exact) mass is 199 g/mol. The third-order valence-electron chi connectivity index (χ3n) is 2.34. The molecule has 0 aliphatic heterocycles. The smallest absolute Gasteiger partial charge is 0.124 e. The van der Waals surface area contributed by atoms with Gasteiger partial charge in [0.15, 0.2) is 0 Å². The molecule has 0 aliphatic carbocycles. The maximum absolute atomic E-state index is 10.3. The summed E-state index contributed by atoms with van der Waals surface area (Å²) in [5, 5.41) is 0. The van der Waals surface area contributed by atoms with E-state index in [1.165, 1.54) is 5.56 Å². The molecule has 0 radical (unpaired) electrons. The molecule has 2 rings (SSSR count). The normalized spacial score (nSPS) is 10.1. The standard InChI is InChI=1S/C13H13NO/c15-9-7-13-6-8-14(11-13)10-12-4-2-1-3-5-12/h1-6,8-9,11H,7,10H2. The maximum atomic E-state index is 10.3. The van der Waals surface area contributed by atoms with Crippen LogP contribution in [0.15, 0.2) is 48.8 Å². The summed E-state index contributed by atoms with van der Waals surface area (Å²) in [5.41, 5.74) is 2.34. The van der Waals surface area contributed by atoms with E-state index in [0.29, 0.717) is 6.42 Å². The molecule has 1 aromatic heterocycles. The van der Waals surface area contributed by atoms with Gasteiger partial charge in [0.1, 0.15) is 6.29 Å². The highest BCUT2D eigenvalue weighted by Gasteiger charge is 1.96. The Balaban J connectivity index is 2.08. The number of carbonyl (C=O) groups is 1. The molecule has 15 heavy (non-hydrogen) atoms. The van der Waals surface area contributed by atoms with Crippen LogP contribution in [0.2, 0.25) is 0 Å². The summed E-state index contributed by atoms with van der Waals surface area (Å²) in [5.74, 6) is 0. The zero-order valence-electron chi connectivity index (χ0n) is 8.47. The summed E-state index contributed by atoms with van der Waals surface area (Å²) >= 11 is 0. The molecule has 2 heteroatoms. The Bertz CT molecular complexity index is 431. The molecule has 0 fully saturated rings. The lowest BCUT2D eigenvalue weighted by Crippen LogP contribution is -1.95. The van der Waals surface area contributed by atoms with E-state index < -0.39 is 0 Å². The minimum absolute atomic E-state index is 0.502. The summed E-state index contributed by atoms with van der Waals surface area (Å²) in [6.45, 7) is 0.861. The lowest BCUT2D eigenvalue weighted by atomic mass is 10.2. The van der Waals surface area contributed by atoms with E-state index >= 15 is 0 Å². The van der Waals surface area contributed by atoms with Gasteiger partial charge in [0, 0.05) is 25.4 Å². The van der Waals surface area contributed by atoms with Gasteiger partial charge in [-0.15, -0.1) is 0 Å². The summed E-state index contributed by atoms with van der Waals surface area (Å²) in [4.78, 5) is 10.3. The van der Waals surface area contributed by atoms with Gasteiger partial charge in [-0.3, -0.25) is 0 Å². The zero-order valence-corrected chi connectivity index (χ0v) is 8.47. The van der Waals surface area contributed by atoms with Gasteiger partial charge in [0.2, 0.25) is 0 Å². The second-order valence-corrected chi connectivity index (χ2v) is 3.55. The molecule has 1 aromatic carbocycles. The van der Waals surface area contributed by atoms with E-state index in [1.54, 1.807) is 0 Å². The maximum Gasteiger partial charge on any atom is 0.124 e. The molecule has 0 saturated heterocycles. The predicted octanol–water partition coefficient (Wildman–Crippen LogP) is 2.28. The van der Waals surface area contributed by atoms with Gasteiger partial charge in [-0.2, -0.15) is 0 Å². The Hall–Kier alpha value is -1.83. The van der Waals surface area contributed by atoms with Crippen molar-refractivity contribution in [1.82, 2.24) is 4.57 Å². The molecule has 2 aromatic rings. The highest BCUT2D eigenvalue weighted by atomic mass is 16.1. The Morgan fingerprint density at radius 3 is 2.60 bits per heavy atom. The first-order valence-corrected chi connectivity index (χ1v) is 5.01. The summed E-state index contributed by atoms with van der Waals surface area (Å²) in [6, 6.07) is 12.3. The minimum Gasteiger partial charge on any atom is -0.350 e. The van der Waals surface area contributed by atoms with Crippen molar-refractivity contribution < 1.29 is 4.79 Å². The highest BCUT2D eigenvalue weighted by molar-refractivity contribution is 5.54. The SMILES string of the molecule is O=CCc1ccn(Cc2ccccc2)c1. The highest BCUT2D eigenvalue weighted by Crippen LogP contribution is 2.06. The van der Waals surface area contributed by atoms with Crippen molar-refractivity contribution in [3.05, 3.63) is 59.9 Å². The fourth-order valence-corrected chi connectivity index (χ4v) is 1.60. The average molecular weight is 199 g/mol. The van der Waals surface area contributed by atoms with Crippen molar-refractivity contribution in [2.75, 3.05) is 0 Å². The number of hydrogen-bond donors (Lipinski definition) is 0. The molecule has 0 unspecified atom stereocenters. The molecule has 76 valence electrons. The quantitative estimate of drug-likeness (QED) is 0.692. The van der Waals surface area contributed by atoms with Gasteiger partial charge in [0.25, 0.3) is 0 Å². The third kappa shape index (κ3) is 2.56. The molecule has 0 saturated carbocycles. The molecular formula is C13H13NO. The number of benzene rings is 1. The van der Waals surface area contributed by atoms with Gasteiger partial charge in [-0.05, 0) is 17.2 Å². The van der Waals surface area contributed by atoms with Crippen LogP contribution in [0.25, 0.3) is 0 Å². The van der Waals surface area contributed by atoms with Crippen LogP contribution in [0.1, 0.15) is 11.1 Å². The number of aromatic nitrogens is 1. The van der Waals surface area contributed by atoms with Crippen LogP contribution in [-0.2, 0) is 17.8 Å². The van der Waals surface area contributed by atoms with Crippen LogP contribution in [0.3, 0.4) is 0 Å². The Labute approximate surface area is 89.2 Å². The van der Waals surface area contributed by atoms with Crippen LogP contribution >= 0.6 is 0 Å². The molecule has 1 heterocycles. The van der Waals surface area contributed by atoms with Crippen LogP contribution in [0.5, 0.6) is 0 Å². The van der Waals surface area contributed by atoms with Crippen molar-refractivity contribution >= 4 is 6.29 Å². The Kier molecular flexibility index (Phi) is 2.98. The van der Waals surface area contributed by atoms with Crippen molar-refractivity contribution in [2.45, 2.75) is 13.0 Å². The van der Waals surface area contributed by atoms with E-state index in [2.05, 4.69) is 16.7 Å².